The maximum absolute atomic E-state index is 9.08. The Kier molecular flexibility index (Phi) is 4.13. The van der Waals surface area contributed by atoms with Gasteiger partial charge < -0.3 is 0 Å². The second-order valence-corrected chi connectivity index (χ2v) is 4.80. The first-order valence-corrected chi connectivity index (χ1v) is 6.16. The summed E-state index contributed by atoms with van der Waals surface area (Å²) in [4.78, 5) is 2.19. The molecule has 3 nitrogen and oxygen atoms in total. The molecule has 0 aromatic heterocycles. The van der Waals surface area contributed by atoms with Crippen LogP contribution < -0.4 is 5.32 Å². The maximum Gasteiger partial charge on any atom is 0.108 e. The highest BCUT2D eigenvalue weighted by Gasteiger charge is 2.24. The standard InChI is InChI=1S/C14H19N3/c1-17(10-12-5-3-2-4-6-12)11-14(9-15)16-13-7-8-13/h2-6,13-14,16H,7-8,10-11H2,1H3. The first-order chi connectivity index (χ1) is 8.28. The van der Waals surface area contributed by atoms with Crippen molar-refractivity contribution in [2.24, 2.45) is 0 Å². The molecule has 1 aliphatic rings. The Bertz CT molecular complexity index is 378. The van der Waals surface area contributed by atoms with Crippen LogP contribution in [0.4, 0.5) is 0 Å². The van der Waals surface area contributed by atoms with Crippen LogP contribution in [0.15, 0.2) is 30.3 Å². The highest BCUT2D eigenvalue weighted by molar-refractivity contribution is 5.14. The van der Waals surface area contributed by atoms with Gasteiger partial charge in [-0.1, -0.05) is 30.3 Å². The van der Waals surface area contributed by atoms with E-state index in [0.29, 0.717) is 6.04 Å². The lowest BCUT2D eigenvalue weighted by Crippen LogP contribution is -2.39. The number of nitrogens with one attached hydrogen (secondary N) is 1. The summed E-state index contributed by atoms with van der Waals surface area (Å²) in [5.74, 6) is 0. The Morgan fingerprint density at radius 2 is 2.12 bits per heavy atom. The van der Waals surface area contributed by atoms with Crippen LogP contribution in [0.25, 0.3) is 0 Å². The molecule has 1 aromatic rings. The zero-order valence-corrected chi connectivity index (χ0v) is 10.3. The number of likely N-dealkylation sites (N-methyl/N-ethyl adjacent to an activating group) is 1. The molecule has 0 radical (unpaired) electrons. The average molecular weight is 229 g/mol. The van der Waals surface area contributed by atoms with Crippen LogP contribution in [-0.2, 0) is 6.54 Å². The van der Waals surface area contributed by atoms with Crippen LogP contribution in [0, 0.1) is 11.3 Å². The molecule has 0 saturated heterocycles. The molecular formula is C14H19N3. The highest BCUT2D eigenvalue weighted by atomic mass is 15.1. The Hall–Kier alpha value is -1.37. The van der Waals surface area contributed by atoms with Crippen LogP contribution in [0.2, 0.25) is 0 Å². The SMILES string of the molecule is CN(Cc1ccccc1)CC(C#N)NC1CC1. The molecule has 0 spiro atoms. The molecule has 1 aromatic carbocycles. The topological polar surface area (TPSA) is 39.1 Å². The fraction of sp³-hybridized carbons (Fsp3) is 0.500. The van der Waals surface area contributed by atoms with Gasteiger partial charge in [-0.15, -0.1) is 0 Å². The van der Waals surface area contributed by atoms with E-state index in [0.717, 1.165) is 13.1 Å². The molecule has 3 heteroatoms. The van der Waals surface area contributed by atoms with E-state index in [1.807, 2.05) is 18.2 Å². The second kappa shape index (κ2) is 5.81. The molecule has 0 bridgehead atoms. The minimum absolute atomic E-state index is 0.0452. The molecule has 2 rings (SSSR count). The minimum Gasteiger partial charge on any atom is -0.299 e. The van der Waals surface area contributed by atoms with Crippen molar-refractivity contribution in [3.63, 3.8) is 0 Å². The van der Waals surface area contributed by atoms with E-state index >= 15 is 0 Å². The summed E-state index contributed by atoms with van der Waals surface area (Å²) >= 11 is 0. The predicted molar refractivity (Wildman–Crippen MR) is 68.3 cm³/mol. The lowest BCUT2D eigenvalue weighted by atomic mass is 10.2. The lowest BCUT2D eigenvalue weighted by Gasteiger charge is -2.20. The third-order valence-corrected chi connectivity index (χ3v) is 2.96. The van der Waals surface area contributed by atoms with Crippen LogP contribution in [0.3, 0.4) is 0 Å². The first-order valence-electron chi connectivity index (χ1n) is 6.16. The van der Waals surface area contributed by atoms with Crippen LogP contribution in [-0.4, -0.2) is 30.6 Å². The fourth-order valence-corrected chi connectivity index (χ4v) is 1.94. The van der Waals surface area contributed by atoms with Gasteiger partial charge in [0.25, 0.3) is 0 Å². The average Bonchev–Trinajstić information content (AvgIpc) is 3.13. The summed E-state index contributed by atoms with van der Waals surface area (Å²) in [6.45, 7) is 1.67. The van der Waals surface area contributed by atoms with Crippen LogP contribution in [0.1, 0.15) is 18.4 Å². The zero-order chi connectivity index (χ0) is 12.1. The maximum atomic E-state index is 9.08. The van der Waals surface area contributed by atoms with Gasteiger partial charge in [-0.25, -0.2) is 0 Å². The second-order valence-electron chi connectivity index (χ2n) is 4.80. The van der Waals surface area contributed by atoms with Crippen molar-refractivity contribution in [2.75, 3.05) is 13.6 Å². The minimum atomic E-state index is -0.0452. The summed E-state index contributed by atoms with van der Waals surface area (Å²) in [7, 11) is 2.06. The Morgan fingerprint density at radius 3 is 2.71 bits per heavy atom. The summed E-state index contributed by atoms with van der Waals surface area (Å²) < 4.78 is 0. The monoisotopic (exact) mass is 229 g/mol. The van der Waals surface area contributed by atoms with E-state index in [-0.39, 0.29) is 6.04 Å². The molecule has 0 heterocycles. The Labute approximate surface area is 103 Å². The van der Waals surface area contributed by atoms with Crippen molar-refractivity contribution in [3.05, 3.63) is 35.9 Å². The van der Waals surface area contributed by atoms with Gasteiger partial charge in [0.05, 0.1) is 6.07 Å². The molecule has 1 unspecified atom stereocenters. The fourth-order valence-electron chi connectivity index (χ4n) is 1.94. The van der Waals surface area contributed by atoms with Gasteiger partial charge in [0, 0.05) is 19.1 Å². The third-order valence-electron chi connectivity index (χ3n) is 2.96. The van der Waals surface area contributed by atoms with Gasteiger partial charge in [0.1, 0.15) is 6.04 Å². The number of rotatable bonds is 6. The van der Waals surface area contributed by atoms with E-state index in [9.17, 15) is 0 Å². The number of nitrogens with zero attached hydrogens (tertiary/aromatic N) is 2. The molecule has 1 atom stereocenters. The van der Waals surface area contributed by atoms with E-state index < -0.39 is 0 Å². The van der Waals surface area contributed by atoms with Crippen LogP contribution in [0.5, 0.6) is 0 Å². The predicted octanol–water partition coefficient (Wildman–Crippen LogP) is 1.76. The van der Waals surface area contributed by atoms with Gasteiger partial charge in [-0.05, 0) is 25.5 Å². The molecule has 1 saturated carbocycles. The zero-order valence-electron chi connectivity index (χ0n) is 10.3. The Morgan fingerprint density at radius 1 is 1.41 bits per heavy atom. The van der Waals surface area contributed by atoms with Crippen molar-refractivity contribution >= 4 is 0 Å². The van der Waals surface area contributed by atoms with E-state index in [1.165, 1.54) is 18.4 Å². The molecule has 0 amide bonds. The summed E-state index contributed by atoms with van der Waals surface area (Å²) in [5, 5.41) is 12.4. The summed E-state index contributed by atoms with van der Waals surface area (Å²) in [6.07, 6.45) is 2.45. The molecule has 1 aliphatic carbocycles. The van der Waals surface area contributed by atoms with Gasteiger partial charge in [-0.3, -0.25) is 10.2 Å². The van der Waals surface area contributed by atoms with Crippen molar-refractivity contribution in [1.82, 2.24) is 10.2 Å². The van der Waals surface area contributed by atoms with Crippen molar-refractivity contribution < 1.29 is 0 Å². The van der Waals surface area contributed by atoms with Gasteiger partial charge >= 0.3 is 0 Å². The molecular weight excluding hydrogens is 210 g/mol. The summed E-state index contributed by atoms with van der Waals surface area (Å²) in [6, 6.07) is 13.2. The highest BCUT2D eigenvalue weighted by Crippen LogP contribution is 2.19. The van der Waals surface area contributed by atoms with Gasteiger partial charge in [0.15, 0.2) is 0 Å². The number of nitriles is 1. The number of benzene rings is 1. The number of hydrogen-bond donors (Lipinski definition) is 1. The van der Waals surface area contributed by atoms with E-state index in [2.05, 4.69) is 35.5 Å². The molecule has 1 N–H and O–H groups in total. The van der Waals surface area contributed by atoms with E-state index in [1.54, 1.807) is 0 Å². The largest absolute Gasteiger partial charge is 0.299 e. The molecule has 0 aliphatic heterocycles. The Balaban J connectivity index is 1.79. The lowest BCUT2D eigenvalue weighted by molar-refractivity contribution is 0.302. The van der Waals surface area contributed by atoms with Crippen molar-refractivity contribution in [1.29, 1.82) is 5.26 Å². The smallest absolute Gasteiger partial charge is 0.108 e. The van der Waals surface area contributed by atoms with Gasteiger partial charge in [0.2, 0.25) is 0 Å². The first kappa shape index (κ1) is 12.1. The van der Waals surface area contributed by atoms with Crippen molar-refractivity contribution in [2.45, 2.75) is 31.5 Å². The third kappa shape index (κ3) is 4.18. The van der Waals surface area contributed by atoms with Crippen LogP contribution >= 0.6 is 0 Å². The molecule has 17 heavy (non-hydrogen) atoms. The van der Waals surface area contributed by atoms with Crippen molar-refractivity contribution in [3.8, 4) is 6.07 Å². The molecule has 90 valence electrons. The summed E-state index contributed by atoms with van der Waals surface area (Å²) in [5.41, 5.74) is 1.29. The van der Waals surface area contributed by atoms with E-state index in [4.69, 9.17) is 5.26 Å². The number of hydrogen-bond acceptors (Lipinski definition) is 3. The molecule has 1 fully saturated rings. The van der Waals surface area contributed by atoms with Gasteiger partial charge in [-0.2, -0.15) is 5.26 Å². The normalized spacial score (nSPS) is 16.8. The quantitative estimate of drug-likeness (QED) is 0.808.